The molecule has 0 aromatic heterocycles. The molecule has 5 heteroatoms. The molecule has 0 spiro atoms. The number of carboxylic acid groups (broad SMARTS) is 1. The molecule has 1 atom stereocenters. The number of unbranched alkanes of at least 4 members (excludes halogenated alkanes) is 1. The van der Waals surface area contributed by atoms with E-state index in [1.54, 1.807) is 19.1 Å². The number of nitrogens with zero attached hydrogens (tertiary/aromatic N) is 1. The fraction of sp³-hybridized carbons (Fsp3) is 0.500. The molecule has 1 N–H and O–H groups in total. The molecule has 1 rings (SSSR count). The summed E-state index contributed by atoms with van der Waals surface area (Å²) in [6.07, 6.45) is 2.10. The number of rotatable bonds is 8. The molecule has 1 amide bonds. The maximum absolute atomic E-state index is 12.4. The van der Waals surface area contributed by atoms with Crippen molar-refractivity contribution in [1.82, 2.24) is 0 Å². The van der Waals surface area contributed by atoms with E-state index < -0.39 is 11.9 Å². The van der Waals surface area contributed by atoms with Crippen molar-refractivity contribution in [1.29, 1.82) is 0 Å². The summed E-state index contributed by atoms with van der Waals surface area (Å²) in [6.45, 7) is 3.75. The van der Waals surface area contributed by atoms with Crippen LogP contribution in [0.15, 0.2) is 24.3 Å². The quantitative estimate of drug-likeness (QED) is 0.800. The predicted octanol–water partition coefficient (Wildman–Crippen LogP) is 2.94. The van der Waals surface area contributed by atoms with Crippen LogP contribution in [-0.2, 0) is 9.59 Å². The van der Waals surface area contributed by atoms with Crippen molar-refractivity contribution in [3.05, 3.63) is 24.3 Å². The maximum Gasteiger partial charge on any atom is 0.308 e. The number of carboxylic acids is 1. The first kappa shape index (κ1) is 17.0. The van der Waals surface area contributed by atoms with E-state index in [2.05, 4.69) is 0 Å². The fourth-order valence-electron chi connectivity index (χ4n) is 2.00. The highest BCUT2D eigenvalue weighted by molar-refractivity contribution is 5.95. The summed E-state index contributed by atoms with van der Waals surface area (Å²) >= 11 is 0. The Morgan fingerprint density at radius 2 is 2.00 bits per heavy atom. The molecule has 0 fully saturated rings. The van der Waals surface area contributed by atoms with Crippen LogP contribution < -0.4 is 9.64 Å². The van der Waals surface area contributed by atoms with Gasteiger partial charge in [-0.25, -0.2) is 0 Å². The van der Waals surface area contributed by atoms with Gasteiger partial charge in [-0.1, -0.05) is 32.4 Å². The fourth-order valence-corrected chi connectivity index (χ4v) is 2.00. The second kappa shape index (κ2) is 8.29. The third kappa shape index (κ3) is 4.77. The molecule has 1 unspecified atom stereocenters. The number of ether oxygens (including phenoxy) is 1. The molecule has 0 heterocycles. The van der Waals surface area contributed by atoms with Crippen molar-refractivity contribution in [2.24, 2.45) is 5.92 Å². The zero-order chi connectivity index (χ0) is 15.8. The average Bonchev–Trinajstić information content (AvgIpc) is 2.49. The highest BCUT2D eigenvalue weighted by atomic mass is 16.5. The van der Waals surface area contributed by atoms with Crippen molar-refractivity contribution in [2.45, 2.75) is 33.1 Å². The molecule has 0 saturated heterocycles. The lowest BCUT2D eigenvalue weighted by atomic mass is 10.1. The van der Waals surface area contributed by atoms with Crippen LogP contribution in [-0.4, -0.2) is 30.6 Å². The van der Waals surface area contributed by atoms with Gasteiger partial charge < -0.3 is 14.7 Å². The molecule has 21 heavy (non-hydrogen) atoms. The summed E-state index contributed by atoms with van der Waals surface area (Å²) in [7, 11) is 1.54. The smallest absolute Gasteiger partial charge is 0.308 e. The summed E-state index contributed by atoms with van der Waals surface area (Å²) in [6, 6.07) is 7.17. The minimum atomic E-state index is -0.918. The summed E-state index contributed by atoms with van der Waals surface area (Å²) in [5, 5.41) is 9.09. The van der Waals surface area contributed by atoms with Crippen LogP contribution in [0.1, 0.15) is 33.1 Å². The number of methoxy groups -OCH3 is 1. The summed E-state index contributed by atoms with van der Waals surface area (Å²) in [5.74, 6) is -1.06. The van der Waals surface area contributed by atoms with Gasteiger partial charge >= 0.3 is 5.97 Å². The van der Waals surface area contributed by atoms with Crippen LogP contribution in [0.2, 0.25) is 0 Å². The second-order valence-electron chi connectivity index (χ2n) is 5.02. The Kier molecular flexibility index (Phi) is 6.72. The molecule has 0 aliphatic heterocycles. The second-order valence-corrected chi connectivity index (χ2v) is 5.02. The number of hydrogen-bond acceptors (Lipinski definition) is 3. The zero-order valence-electron chi connectivity index (χ0n) is 12.8. The minimum Gasteiger partial charge on any atom is -0.495 e. The van der Waals surface area contributed by atoms with Gasteiger partial charge in [-0.2, -0.15) is 0 Å². The van der Waals surface area contributed by atoms with Crippen molar-refractivity contribution in [2.75, 3.05) is 18.6 Å². The molecule has 0 aliphatic rings. The molecule has 5 nitrogen and oxygen atoms in total. The largest absolute Gasteiger partial charge is 0.495 e. The van der Waals surface area contributed by atoms with Gasteiger partial charge in [-0.15, -0.1) is 0 Å². The lowest BCUT2D eigenvalue weighted by molar-refractivity contribution is -0.140. The Morgan fingerprint density at radius 3 is 2.57 bits per heavy atom. The number of aliphatic carboxylic acids is 1. The number of amides is 1. The van der Waals surface area contributed by atoms with Gasteiger partial charge in [-0.05, 0) is 18.6 Å². The first-order valence-corrected chi connectivity index (χ1v) is 7.17. The third-order valence-corrected chi connectivity index (χ3v) is 3.30. The van der Waals surface area contributed by atoms with Gasteiger partial charge in [0.15, 0.2) is 0 Å². The molecule has 0 bridgehead atoms. The molecular weight excluding hydrogens is 270 g/mol. The number of hydrogen-bond donors (Lipinski definition) is 1. The molecule has 0 saturated carbocycles. The number of carbonyl (C=O) groups excluding carboxylic acids is 1. The number of carbonyl (C=O) groups is 2. The molecule has 1 aromatic carbocycles. The van der Waals surface area contributed by atoms with E-state index in [-0.39, 0.29) is 12.5 Å². The van der Waals surface area contributed by atoms with Crippen LogP contribution in [0.5, 0.6) is 5.75 Å². The molecule has 0 aliphatic carbocycles. The lowest BCUT2D eigenvalue weighted by Crippen LogP contribution is -2.37. The lowest BCUT2D eigenvalue weighted by Gasteiger charge is -2.26. The van der Waals surface area contributed by atoms with Gasteiger partial charge in [0.2, 0.25) is 5.91 Å². The van der Waals surface area contributed by atoms with Crippen LogP contribution in [0.4, 0.5) is 5.69 Å². The van der Waals surface area contributed by atoms with Crippen LogP contribution in [0.25, 0.3) is 0 Å². The van der Waals surface area contributed by atoms with E-state index in [4.69, 9.17) is 9.84 Å². The standard InChI is InChI=1S/C16H23NO4/c1-4-5-10-15(18)17(11-12(2)16(19)20)13-8-6-7-9-14(13)21-3/h6-9,12H,4-5,10-11H2,1-3H3,(H,19,20). The van der Waals surface area contributed by atoms with Gasteiger partial charge in [-0.3, -0.25) is 9.59 Å². The van der Waals surface area contributed by atoms with E-state index in [1.807, 2.05) is 19.1 Å². The first-order valence-electron chi connectivity index (χ1n) is 7.17. The van der Waals surface area contributed by atoms with E-state index in [0.717, 1.165) is 12.8 Å². The van der Waals surface area contributed by atoms with E-state index in [9.17, 15) is 9.59 Å². The van der Waals surface area contributed by atoms with E-state index >= 15 is 0 Å². The third-order valence-electron chi connectivity index (χ3n) is 3.30. The highest BCUT2D eigenvalue weighted by Crippen LogP contribution is 2.29. The number of benzene rings is 1. The van der Waals surface area contributed by atoms with Crippen molar-refractivity contribution in [3.8, 4) is 5.75 Å². The summed E-state index contributed by atoms with van der Waals surface area (Å²) in [5.41, 5.74) is 0.620. The predicted molar refractivity (Wildman–Crippen MR) is 81.7 cm³/mol. The molecule has 1 aromatic rings. The van der Waals surface area contributed by atoms with Crippen LogP contribution in [0, 0.1) is 5.92 Å². The van der Waals surface area contributed by atoms with Crippen molar-refractivity contribution in [3.63, 3.8) is 0 Å². The van der Waals surface area contributed by atoms with Crippen LogP contribution in [0.3, 0.4) is 0 Å². The molecule has 0 radical (unpaired) electrons. The van der Waals surface area contributed by atoms with E-state index in [1.165, 1.54) is 12.0 Å². The van der Waals surface area contributed by atoms with Crippen molar-refractivity contribution >= 4 is 17.6 Å². The Balaban J connectivity index is 3.05. The number of anilines is 1. The van der Waals surface area contributed by atoms with Gasteiger partial charge in [0.1, 0.15) is 5.75 Å². The zero-order valence-corrected chi connectivity index (χ0v) is 12.8. The first-order chi connectivity index (χ1) is 10.0. The van der Waals surface area contributed by atoms with Gasteiger partial charge in [0.25, 0.3) is 0 Å². The highest BCUT2D eigenvalue weighted by Gasteiger charge is 2.23. The Hall–Kier alpha value is -2.04. The van der Waals surface area contributed by atoms with Crippen molar-refractivity contribution < 1.29 is 19.4 Å². The van der Waals surface area contributed by atoms with Gasteiger partial charge in [0.05, 0.1) is 18.7 Å². The Labute approximate surface area is 125 Å². The monoisotopic (exact) mass is 293 g/mol. The summed E-state index contributed by atoms with van der Waals surface area (Å²) in [4.78, 5) is 25.0. The molecule has 116 valence electrons. The Morgan fingerprint density at radius 1 is 1.33 bits per heavy atom. The molecular formula is C16H23NO4. The van der Waals surface area contributed by atoms with Crippen LogP contribution >= 0.6 is 0 Å². The van der Waals surface area contributed by atoms with E-state index in [0.29, 0.717) is 17.9 Å². The number of para-hydroxylation sites is 2. The maximum atomic E-state index is 12.4. The Bertz CT molecular complexity index is 487. The minimum absolute atomic E-state index is 0.0746. The SMILES string of the molecule is CCCCC(=O)N(CC(C)C(=O)O)c1ccccc1OC. The normalized spacial score (nSPS) is 11.8. The van der Waals surface area contributed by atoms with Gasteiger partial charge in [0, 0.05) is 13.0 Å². The average molecular weight is 293 g/mol. The topological polar surface area (TPSA) is 66.8 Å². The summed E-state index contributed by atoms with van der Waals surface area (Å²) < 4.78 is 5.28.